The number of benzene rings is 2. The summed E-state index contributed by atoms with van der Waals surface area (Å²) in [6.45, 7) is 1.74. The van der Waals surface area contributed by atoms with Crippen LogP contribution in [-0.4, -0.2) is 34.2 Å². The fraction of sp³-hybridized carbons (Fsp3) is 0.174. The Balaban J connectivity index is 1.63. The Morgan fingerprint density at radius 1 is 0.935 bits per heavy atom. The third-order valence-electron chi connectivity index (χ3n) is 5.17. The van der Waals surface area contributed by atoms with Crippen molar-refractivity contribution in [2.24, 2.45) is 7.05 Å². The number of nitrogens with zero attached hydrogens (tertiary/aromatic N) is 4. The standard InChI is InChI=1S/C23H20N4O4/c1-13-25-26-23(31-13)22-20(28-3)8-15(9-21(22)29-4)18-12-30-19-7-14(5-6-17(18)19)16-10-24-27(2)11-16/h5-12H,1-4H3. The quantitative estimate of drug-likeness (QED) is 0.404. The number of rotatable bonds is 5. The average molecular weight is 416 g/mol. The number of aromatic nitrogens is 4. The van der Waals surface area contributed by atoms with E-state index >= 15 is 0 Å². The summed E-state index contributed by atoms with van der Waals surface area (Å²) in [5.74, 6) is 1.95. The molecule has 5 rings (SSSR count). The first-order valence-corrected chi connectivity index (χ1v) is 9.64. The predicted molar refractivity (Wildman–Crippen MR) is 115 cm³/mol. The molecule has 0 radical (unpaired) electrons. The molecule has 8 nitrogen and oxygen atoms in total. The highest BCUT2D eigenvalue weighted by Gasteiger charge is 2.21. The van der Waals surface area contributed by atoms with Crippen LogP contribution in [0.25, 0.3) is 44.7 Å². The van der Waals surface area contributed by atoms with Crippen LogP contribution in [0.3, 0.4) is 0 Å². The largest absolute Gasteiger partial charge is 0.496 e. The van der Waals surface area contributed by atoms with Gasteiger partial charge in [0.1, 0.15) is 22.6 Å². The molecular formula is C23H20N4O4. The van der Waals surface area contributed by atoms with Gasteiger partial charge in [-0.15, -0.1) is 10.2 Å². The summed E-state index contributed by atoms with van der Waals surface area (Å²) in [6.07, 6.45) is 5.54. The summed E-state index contributed by atoms with van der Waals surface area (Å²) in [5.41, 5.74) is 5.29. The zero-order valence-electron chi connectivity index (χ0n) is 17.5. The number of hydrogen-bond acceptors (Lipinski definition) is 7. The van der Waals surface area contributed by atoms with Crippen molar-refractivity contribution < 1.29 is 18.3 Å². The molecule has 2 aromatic carbocycles. The second-order valence-electron chi connectivity index (χ2n) is 7.14. The summed E-state index contributed by atoms with van der Waals surface area (Å²) in [6, 6.07) is 9.94. The van der Waals surface area contributed by atoms with Crippen molar-refractivity contribution in [1.82, 2.24) is 20.0 Å². The van der Waals surface area contributed by atoms with Crippen LogP contribution in [0, 0.1) is 6.92 Å². The SMILES string of the molecule is COc1cc(-c2coc3cc(-c4cnn(C)c4)ccc23)cc(OC)c1-c1nnc(C)o1. The maximum absolute atomic E-state index is 5.89. The lowest BCUT2D eigenvalue weighted by atomic mass is 10.00. The van der Waals surface area contributed by atoms with E-state index in [-0.39, 0.29) is 0 Å². The molecule has 0 fully saturated rings. The maximum Gasteiger partial charge on any atom is 0.255 e. The van der Waals surface area contributed by atoms with Gasteiger partial charge in [-0.1, -0.05) is 6.07 Å². The van der Waals surface area contributed by atoms with Gasteiger partial charge in [0.25, 0.3) is 5.89 Å². The smallest absolute Gasteiger partial charge is 0.255 e. The molecule has 0 amide bonds. The lowest BCUT2D eigenvalue weighted by Gasteiger charge is -2.13. The molecule has 31 heavy (non-hydrogen) atoms. The van der Waals surface area contributed by atoms with Crippen LogP contribution in [0.1, 0.15) is 5.89 Å². The van der Waals surface area contributed by atoms with Crippen molar-refractivity contribution in [3.05, 3.63) is 54.9 Å². The minimum atomic E-state index is 0.343. The lowest BCUT2D eigenvalue weighted by molar-refractivity contribution is 0.393. The Morgan fingerprint density at radius 2 is 1.71 bits per heavy atom. The fourth-order valence-corrected chi connectivity index (χ4v) is 3.68. The minimum Gasteiger partial charge on any atom is -0.496 e. The van der Waals surface area contributed by atoms with Gasteiger partial charge in [0, 0.05) is 36.7 Å². The number of aryl methyl sites for hydroxylation is 2. The number of furan rings is 1. The molecule has 0 N–H and O–H groups in total. The van der Waals surface area contributed by atoms with Crippen molar-refractivity contribution in [3.8, 4) is 45.2 Å². The molecule has 0 aliphatic carbocycles. The van der Waals surface area contributed by atoms with Crippen molar-refractivity contribution >= 4 is 11.0 Å². The Morgan fingerprint density at radius 3 is 2.32 bits per heavy atom. The highest BCUT2D eigenvalue weighted by Crippen LogP contribution is 2.43. The molecule has 156 valence electrons. The van der Waals surface area contributed by atoms with Gasteiger partial charge in [-0.05, 0) is 35.4 Å². The van der Waals surface area contributed by atoms with Gasteiger partial charge in [0.2, 0.25) is 5.89 Å². The van der Waals surface area contributed by atoms with E-state index in [9.17, 15) is 0 Å². The fourth-order valence-electron chi connectivity index (χ4n) is 3.68. The van der Waals surface area contributed by atoms with E-state index in [4.69, 9.17) is 18.3 Å². The summed E-state index contributed by atoms with van der Waals surface area (Å²) >= 11 is 0. The lowest BCUT2D eigenvalue weighted by Crippen LogP contribution is -1.95. The Labute approximate surface area is 178 Å². The zero-order chi connectivity index (χ0) is 21.5. The highest BCUT2D eigenvalue weighted by molar-refractivity contribution is 5.97. The molecule has 0 bridgehead atoms. The van der Waals surface area contributed by atoms with Crippen molar-refractivity contribution in [2.45, 2.75) is 6.92 Å². The predicted octanol–water partition coefficient (Wildman–Crippen LogP) is 4.88. The topological polar surface area (TPSA) is 88.3 Å². The van der Waals surface area contributed by atoms with Gasteiger partial charge in [-0.3, -0.25) is 4.68 Å². The van der Waals surface area contributed by atoms with Gasteiger partial charge in [0.15, 0.2) is 0 Å². The van der Waals surface area contributed by atoms with Crippen LogP contribution >= 0.6 is 0 Å². The van der Waals surface area contributed by atoms with E-state index in [0.29, 0.717) is 28.8 Å². The number of hydrogen-bond donors (Lipinski definition) is 0. The molecule has 3 aromatic heterocycles. The van der Waals surface area contributed by atoms with E-state index in [2.05, 4.69) is 21.4 Å². The molecule has 0 aliphatic rings. The third kappa shape index (κ3) is 3.22. The van der Waals surface area contributed by atoms with Gasteiger partial charge >= 0.3 is 0 Å². The van der Waals surface area contributed by atoms with Crippen molar-refractivity contribution in [2.75, 3.05) is 14.2 Å². The number of ether oxygens (including phenoxy) is 2. The molecule has 0 atom stereocenters. The van der Waals surface area contributed by atoms with Crippen LogP contribution in [0.4, 0.5) is 0 Å². The van der Waals surface area contributed by atoms with Crippen molar-refractivity contribution in [3.63, 3.8) is 0 Å². The molecule has 0 aliphatic heterocycles. The molecule has 5 aromatic rings. The molecule has 8 heteroatoms. The first-order chi connectivity index (χ1) is 15.1. The Hall–Kier alpha value is -4.07. The van der Waals surface area contributed by atoms with Crippen LogP contribution < -0.4 is 9.47 Å². The van der Waals surface area contributed by atoms with Gasteiger partial charge in [-0.25, -0.2) is 0 Å². The van der Waals surface area contributed by atoms with Crippen LogP contribution in [0.5, 0.6) is 11.5 Å². The molecule has 0 saturated heterocycles. The summed E-state index contributed by atoms with van der Waals surface area (Å²) in [5, 5.41) is 13.3. The summed E-state index contributed by atoms with van der Waals surface area (Å²) in [4.78, 5) is 0. The number of fused-ring (bicyclic) bond motifs is 1. The maximum atomic E-state index is 5.89. The number of methoxy groups -OCH3 is 2. The van der Waals surface area contributed by atoms with E-state index in [1.807, 2.05) is 43.7 Å². The van der Waals surface area contributed by atoms with Crippen LogP contribution in [0.15, 0.2) is 57.8 Å². The average Bonchev–Trinajstić information content (AvgIpc) is 3.51. The Bertz CT molecular complexity index is 1370. The van der Waals surface area contributed by atoms with Gasteiger partial charge in [-0.2, -0.15) is 5.10 Å². The second-order valence-corrected chi connectivity index (χ2v) is 7.14. The molecule has 3 heterocycles. The highest BCUT2D eigenvalue weighted by atomic mass is 16.5. The summed E-state index contributed by atoms with van der Waals surface area (Å²) < 4.78 is 24.5. The molecular weight excluding hydrogens is 396 g/mol. The first kappa shape index (κ1) is 18.9. The summed E-state index contributed by atoms with van der Waals surface area (Å²) in [7, 11) is 5.09. The van der Waals surface area contributed by atoms with Crippen molar-refractivity contribution in [1.29, 1.82) is 0 Å². The van der Waals surface area contributed by atoms with Gasteiger partial charge in [0.05, 0.1) is 26.7 Å². The molecule has 0 spiro atoms. The monoisotopic (exact) mass is 416 g/mol. The Kier molecular flexibility index (Phi) is 4.47. The van der Waals surface area contributed by atoms with Crippen LogP contribution in [0.2, 0.25) is 0 Å². The minimum absolute atomic E-state index is 0.343. The normalized spacial score (nSPS) is 11.2. The molecule has 0 unspecified atom stereocenters. The molecule has 0 saturated carbocycles. The van der Waals surface area contributed by atoms with E-state index in [1.54, 1.807) is 32.1 Å². The van der Waals surface area contributed by atoms with Crippen LogP contribution in [-0.2, 0) is 7.05 Å². The zero-order valence-corrected chi connectivity index (χ0v) is 17.5. The first-order valence-electron chi connectivity index (χ1n) is 9.64. The second kappa shape index (κ2) is 7.32. The van der Waals surface area contributed by atoms with E-state index in [0.717, 1.165) is 33.2 Å². The third-order valence-corrected chi connectivity index (χ3v) is 5.17. The van der Waals surface area contributed by atoms with Gasteiger partial charge < -0.3 is 18.3 Å². The van der Waals surface area contributed by atoms with E-state index < -0.39 is 0 Å². The van der Waals surface area contributed by atoms with E-state index in [1.165, 1.54) is 0 Å².